The van der Waals surface area contributed by atoms with Crippen molar-refractivity contribution in [3.8, 4) is 16.2 Å². The highest BCUT2D eigenvalue weighted by molar-refractivity contribution is 7.22. The molecule has 0 spiro atoms. The Hall–Kier alpha value is -3.22. The van der Waals surface area contributed by atoms with Crippen LogP contribution in [0.2, 0.25) is 0 Å². The van der Waals surface area contributed by atoms with E-state index in [1.54, 1.807) is 19.2 Å². The summed E-state index contributed by atoms with van der Waals surface area (Å²) in [7, 11) is 1.63. The number of ether oxygens (including phenoxy) is 1. The predicted octanol–water partition coefficient (Wildman–Crippen LogP) is 5.36. The zero-order valence-electron chi connectivity index (χ0n) is 17.7. The maximum absolute atomic E-state index is 13.7. The molecule has 0 atom stereocenters. The minimum atomic E-state index is -0.298. The first-order valence-corrected chi connectivity index (χ1v) is 11.4. The van der Waals surface area contributed by atoms with Crippen LogP contribution in [0.15, 0.2) is 66.7 Å². The van der Waals surface area contributed by atoms with Crippen LogP contribution in [-0.2, 0) is 0 Å². The highest BCUT2D eigenvalue weighted by Crippen LogP contribution is 2.41. The van der Waals surface area contributed by atoms with E-state index in [9.17, 15) is 9.18 Å². The number of anilines is 1. The van der Waals surface area contributed by atoms with Gasteiger partial charge in [0.2, 0.25) is 0 Å². The number of fused-ring (bicyclic) bond motifs is 1. The lowest BCUT2D eigenvalue weighted by atomic mass is 9.97. The van der Waals surface area contributed by atoms with E-state index in [-0.39, 0.29) is 11.6 Å². The fraction of sp³-hybridized carbons (Fsp3) is 0.192. The van der Waals surface area contributed by atoms with Gasteiger partial charge in [-0.3, -0.25) is 4.79 Å². The van der Waals surface area contributed by atoms with Gasteiger partial charge in [0.25, 0.3) is 0 Å². The van der Waals surface area contributed by atoms with Crippen molar-refractivity contribution in [1.82, 2.24) is 5.32 Å². The number of ketones is 1. The van der Waals surface area contributed by atoms with Crippen molar-refractivity contribution in [1.29, 1.82) is 0 Å². The fourth-order valence-electron chi connectivity index (χ4n) is 4.12. The Morgan fingerprint density at radius 3 is 2.41 bits per heavy atom. The normalized spacial score (nSPS) is 14.0. The Morgan fingerprint density at radius 1 is 1.00 bits per heavy atom. The molecule has 5 rings (SSSR count). The average Bonchev–Trinajstić information content (AvgIpc) is 3.23. The molecule has 6 heteroatoms. The van der Waals surface area contributed by atoms with E-state index < -0.39 is 0 Å². The van der Waals surface area contributed by atoms with E-state index in [2.05, 4.69) is 10.2 Å². The number of piperazine rings is 1. The van der Waals surface area contributed by atoms with Crippen molar-refractivity contribution >= 4 is 32.9 Å². The summed E-state index contributed by atoms with van der Waals surface area (Å²) < 4.78 is 19.9. The number of benzene rings is 3. The van der Waals surface area contributed by atoms with Crippen molar-refractivity contribution in [3.05, 3.63) is 83.7 Å². The van der Waals surface area contributed by atoms with Gasteiger partial charge in [-0.25, -0.2) is 4.39 Å². The summed E-state index contributed by atoms with van der Waals surface area (Å²) in [5.74, 6) is 0.407. The summed E-state index contributed by atoms with van der Waals surface area (Å²) in [6, 6.07) is 19.9. The molecule has 1 aliphatic heterocycles. The summed E-state index contributed by atoms with van der Waals surface area (Å²) in [5.41, 5.74) is 3.24. The number of rotatable bonds is 5. The van der Waals surface area contributed by atoms with Crippen LogP contribution in [0.5, 0.6) is 5.75 Å². The van der Waals surface area contributed by atoms with Gasteiger partial charge in [-0.2, -0.15) is 0 Å². The highest BCUT2D eigenvalue weighted by Gasteiger charge is 2.22. The Morgan fingerprint density at radius 2 is 1.72 bits per heavy atom. The summed E-state index contributed by atoms with van der Waals surface area (Å²) in [6.07, 6.45) is 0. The van der Waals surface area contributed by atoms with Crippen LogP contribution in [-0.4, -0.2) is 39.1 Å². The molecule has 0 amide bonds. The molecule has 0 saturated carbocycles. The van der Waals surface area contributed by atoms with Gasteiger partial charge >= 0.3 is 0 Å². The van der Waals surface area contributed by atoms with Crippen molar-refractivity contribution < 1.29 is 13.9 Å². The Balaban J connectivity index is 1.57. The third kappa shape index (κ3) is 3.87. The van der Waals surface area contributed by atoms with E-state index >= 15 is 0 Å². The molecule has 0 unspecified atom stereocenters. The Kier molecular flexibility index (Phi) is 5.64. The fourth-order valence-corrected chi connectivity index (χ4v) is 5.36. The second-order valence-electron chi connectivity index (χ2n) is 7.79. The van der Waals surface area contributed by atoms with Gasteiger partial charge in [-0.05, 0) is 60.2 Å². The molecule has 1 fully saturated rings. The van der Waals surface area contributed by atoms with Gasteiger partial charge < -0.3 is 15.0 Å². The van der Waals surface area contributed by atoms with E-state index in [0.29, 0.717) is 11.1 Å². The van der Waals surface area contributed by atoms with Crippen molar-refractivity contribution in [2.24, 2.45) is 0 Å². The number of halogens is 1. The molecule has 32 heavy (non-hydrogen) atoms. The maximum atomic E-state index is 13.7. The highest BCUT2D eigenvalue weighted by atomic mass is 32.1. The minimum Gasteiger partial charge on any atom is -0.497 e. The molecule has 0 aliphatic carbocycles. The average molecular weight is 447 g/mol. The van der Waals surface area contributed by atoms with Crippen LogP contribution in [0, 0.1) is 5.82 Å². The quantitative estimate of drug-likeness (QED) is 0.419. The zero-order valence-corrected chi connectivity index (χ0v) is 18.5. The molecule has 4 aromatic rings. The molecule has 4 nitrogen and oxygen atoms in total. The Labute approximate surface area is 190 Å². The van der Waals surface area contributed by atoms with Crippen LogP contribution in [0.1, 0.15) is 15.9 Å². The number of thiophene rings is 1. The SMILES string of the molecule is COc1ccc2c(C(=O)c3ccc(N4CCNCC4)cc3)c(-c3ccc(F)cc3)sc2c1. The molecule has 0 bridgehead atoms. The van der Waals surface area contributed by atoms with E-state index in [1.807, 2.05) is 42.5 Å². The lowest BCUT2D eigenvalue weighted by Gasteiger charge is -2.29. The minimum absolute atomic E-state index is 0.0346. The molecule has 3 aromatic carbocycles. The number of carbonyl (C=O) groups excluding carboxylic acids is 1. The zero-order chi connectivity index (χ0) is 22.1. The second-order valence-corrected chi connectivity index (χ2v) is 8.84. The number of carbonyl (C=O) groups is 1. The first-order chi connectivity index (χ1) is 15.6. The number of hydrogen-bond acceptors (Lipinski definition) is 5. The monoisotopic (exact) mass is 446 g/mol. The van der Waals surface area contributed by atoms with Crippen LogP contribution in [0.25, 0.3) is 20.5 Å². The van der Waals surface area contributed by atoms with Gasteiger partial charge in [0.1, 0.15) is 11.6 Å². The molecular formula is C26H23FN2O2S. The first kappa shape index (κ1) is 20.7. The van der Waals surface area contributed by atoms with Gasteiger partial charge in [-0.1, -0.05) is 12.1 Å². The first-order valence-electron chi connectivity index (χ1n) is 10.6. The van der Waals surface area contributed by atoms with Gasteiger partial charge in [0.15, 0.2) is 5.78 Å². The van der Waals surface area contributed by atoms with Crippen LogP contribution < -0.4 is 15.0 Å². The maximum Gasteiger partial charge on any atom is 0.195 e. The summed E-state index contributed by atoms with van der Waals surface area (Å²) in [4.78, 5) is 16.9. The third-order valence-corrected chi connectivity index (χ3v) is 7.04. The number of hydrogen-bond donors (Lipinski definition) is 1. The van der Waals surface area contributed by atoms with Crippen LogP contribution >= 0.6 is 11.3 Å². The topological polar surface area (TPSA) is 41.6 Å². The van der Waals surface area contributed by atoms with Gasteiger partial charge in [0, 0.05) is 58.0 Å². The standard InChI is InChI=1S/C26H23FN2O2S/c1-31-21-10-11-22-23(16-21)32-26(18-2-6-19(27)7-3-18)24(22)25(30)17-4-8-20(9-5-17)29-14-12-28-13-15-29/h2-11,16,28H,12-15H2,1H3. The molecule has 162 valence electrons. The van der Waals surface area contributed by atoms with E-state index in [0.717, 1.165) is 58.1 Å². The molecule has 0 radical (unpaired) electrons. The van der Waals surface area contributed by atoms with Gasteiger partial charge in [-0.15, -0.1) is 11.3 Å². The van der Waals surface area contributed by atoms with Crippen molar-refractivity contribution in [2.45, 2.75) is 0 Å². The summed E-state index contributed by atoms with van der Waals surface area (Å²) >= 11 is 1.52. The van der Waals surface area contributed by atoms with Crippen molar-refractivity contribution in [2.75, 3.05) is 38.2 Å². The molecule has 2 heterocycles. The molecule has 1 aromatic heterocycles. The largest absolute Gasteiger partial charge is 0.497 e. The predicted molar refractivity (Wildman–Crippen MR) is 129 cm³/mol. The van der Waals surface area contributed by atoms with Crippen LogP contribution in [0.4, 0.5) is 10.1 Å². The van der Waals surface area contributed by atoms with Gasteiger partial charge in [0.05, 0.1) is 7.11 Å². The third-order valence-electron chi connectivity index (χ3n) is 5.84. The summed E-state index contributed by atoms with van der Waals surface area (Å²) in [5, 5.41) is 4.24. The van der Waals surface area contributed by atoms with Crippen molar-refractivity contribution in [3.63, 3.8) is 0 Å². The van der Waals surface area contributed by atoms with E-state index in [1.165, 1.54) is 23.5 Å². The number of nitrogens with one attached hydrogen (secondary N) is 1. The molecule has 1 saturated heterocycles. The molecule has 1 aliphatic rings. The second kappa shape index (κ2) is 8.73. The number of methoxy groups -OCH3 is 1. The van der Waals surface area contributed by atoms with Crippen LogP contribution in [0.3, 0.4) is 0 Å². The molecule has 1 N–H and O–H groups in total. The summed E-state index contributed by atoms with van der Waals surface area (Å²) in [6.45, 7) is 3.84. The van der Waals surface area contributed by atoms with E-state index in [4.69, 9.17) is 4.74 Å². The lowest BCUT2D eigenvalue weighted by Crippen LogP contribution is -2.43. The lowest BCUT2D eigenvalue weighted by molar-refractivity contribution is 0.104. The number of nitrogens with zero attached hydrogens (tertiary/aromatic N) is 1. The smallest absolute Gasteiger partial charge is 0.195 e. The molecular weight excluding hydrogens is 423 g/mol. The Bertz CT molecular complexity index is 1260.